The summed E-state index contributed by atoms with van der Waals surface area (Å²) in [4.78, 5) is 25.2. The third-order valence-corrected chi connectivity index (χ3v) is 4.99. The molecule has 0 saturated carbocycles. The molecule has 0 radical (unpaired) electrons. The standard InChI is InChI=1S/C17H18N4O4S/c1-9(22)16-15(12-6-7-13(24-4)14(8-12)25-5)21(11(3)23)20-10(2)18-19-17(20)26-16/h6-8H,1-5H3. The van der Waals surface area contributed by atoms with Crippen molar-refractivity contribution in [3.05, 3.63) is 34.5 Å². The molecule has 0 aliphatic carbocycles. The second kappa shape index (κ2) is 6.83. The van der Waals surface area contributed by atoms with E-state index >= 15 is 0 Å². The van der Waals surface area contributed by atoms with E-state index in [1.807, 2.05) is 0 Å². The molecule has 0 fully saturated rings. The van der Waals surface area contributed by atoms with Crippen LogP contribution in [0.4, 0.5) is 0 Å². The second-order valence-corrected chi connectivity index (χ2v) is 6.56. The molecule has 1 aromatic carbocycles. The van der Waals surface area contributed by atoms with Crippen LogP contribution in [0.1, 0.15) is 25.2 Å². The zero-order chi connectivity index (χ0) is 19.0. The quantitative estimate of drug-likeness (QED) is 0.810. The van der Waals surface area contributed by atoms with Crippen LogP contribution < -0.4 is 14.5 Å². The van der Waals surface area contributed by atoms with E-state index in [1.54, 1.807) is 36.9 Å². The highest BCUT2D eigenvalue weighted by atomic mass is 32.2. The molecule has 2 heterocycles. The first kappa shape index (κ1) is 18.0. The van der Waals surface area contributed by atoms with Gasteiger partial charge in [0, 0.05) is 12.5 Å². The van der Waals surface area contributed by atoms with Crippen molar-refractivity contribution in [3.8, 4) is 11.5 Å². The van der Waals surface area contributed by atoms with Crippen molar-refractivity contribution in [1.29, 1.82) is 0 Å². The van der Waals surface area contributed by atoms with E-state index in [-0.39, 0.29) is 11.7 Å². The number of amides is 1. The highest BCUT2D eigenvalue weighted by Crippen LogP contribution is 2.41. The van der Waals surface area contributed by atoms with Gasteiger partial charge in [0.1, 0.15) is 0 Å². The maximum Gasteiger partial charge on any atom is 0.243 e. The Labute approximate surface area is 154 Å². The number of allylic oxidation sites excluding steroid dienone is 1. The van der Waals surface area contributed by atoms with Gasteiger partial charge in [-0.05, 0) is 43.8 Å². The van der Waals surface area contributed by atoms with Gasteiger partial charge in [-0.15, -0.1) is 10.2 Å². The minimum absolute atomic E-state index is 0.169. The number of ketones is 1. The molecule has 9 heteroatoms. The maximum absolute atomic E-state index is 12.5. The summed E-state index contributed by atoms with van der Waals surface area (Å²) in [6.45, 7) is 4.63. The number of hydrogen-bond acceptors (Lipinski definition) is 7. The Morgan fingerprint density at radius 1 is 1.08 bits per heavy atom. The summed E-state index contributed by atoms with van der Waals surface area (Å²) in [5.41, 5.74) is 1.11. The van der Waals surface area contributed by atoms with Crippen molar-refractivity contribution in [3.63, 3.8) is 0 Å². The second-order valence-electron chi connectivity index (χ2n) is 5.58. The van der Waals surface area contributed by atoms with Crippen LogP contribution in [-0.2, 0) is 9.59 Å². The Bertz CT molecular complexity index is 935. The van der Waals surface area contributed by atoms with E-state index in [9.17, 15) is 9.59 Å². The molecule has 0 N–H and O–H groups in total. The van der Waals surface area contributed by atoms with Gasteiger partial charge in [0.15, 0.2) is 23.1 Å². The number of carbonyl (C=O) groups is 2. The molecule has 26 heavy (non-hydrogen) atoms. The monoisotopic (exact) mass is 374 g/mol. The molecule has 0 spiro atoms. The fourth-order valence-electron chi connectivity index (χ4n) is 2.74. The van der Waals surface area contributed by atoms with Gasteiger partial charge in [0.25, 0.3) is 0 Å². The molecule has 1 aromatic heterocycles. The molecule has 0 unspecified atom stereocenters. The summed E-state index contributed by atoms with van der Waals surface area (Å²) in [6, 6.07) is 5.25. The number of carbonyl (C=O) groups excluding carboxylic acids is 2. The molecule has 0 saturated heterocycles. The number of fused-ring (bicyclic) bond motifs is 1. The first-order valence-corrected chi connectivity index (χ1v) is 8.59. The Morgan fingerprint density at radius 3 is 2.35 bits per heavy atom. The summed E-state index contributed by atoms with van der Waals surface area (Å²) in [7, 11) is 3.07. The van der Waals surface area contributed by atoms with Crippen molar-refractivity contribution in [2.45, 2.75) is 25.9 Å². The number of thioether (sulfide) groups is 1. The molecular formula is C17H18N4O4S. The van der Waals surface area contributed by atoms with Gasteiger partial charge in [-0.3, -0.25) is 9.59 Å². The van der Waals surface area contributed by atoms with Gasteiger partial charge in [0.05, 0.1) is 24.8 Å². The van der Waals surface area contributed by atoms with E-state index in [0.717, 1.165) is 0 Å². The maximum atomic E-state index is 12.5. The van der Waals surface area contributed by atoms with E-state index in [0.29, 0.717) is 38.6 Å². The number of nitrogens with zero attached hydrogens (tertiary/aromatic N) is 4. The Balaban J connectivity index is 2.28. The number of hydrogen-bond donors (Lipinski definition) is 0. The molecule has 8 nitrogen and oxygen atoms in total. The lowest BCUT2D eigenvalue weighted by Gasteiger charge is -2.32. The van der Waals surface area contributed by atoms with Gasteiger partial charge in [0.2, 0.25) is 11.1 Å². The molecule has 1 aliphatic heterocycles. The van der Waals surface area contributed by atoms with Crippen LogP contribution in [0.25, 0.3) is 5.70 Å². The highest BCUT2D eigenvalue weighted by molar-refractivity contribution is 8.04. The molecule has 1 amide bonds. The van der Waals surface area contributed by atoms with Crippen LogP contribution in [0.15, 0.2) is 28.3 Å². The van der Waals surface area contributed by atoms with Gasteiger partial charge >= 0.3 is 0 Å². The van der Waals surface area contributed by atoms with Gasteiger partial charge in [-0.1, -0.05) is 0 Å². The van der Waals surface area contributed by atoms with E-state index in [4.69, 9.17) is 9.47 Å². The van der Waals surface area contributed by atoms with Crippen molar-refractivity contribution in [2.75, 3.05) is 19.2 Å². The topological polar surface area (TPSA) is 86.5 Å². The molecule has 0 atom stereocenters. The lowest BCUT2D eigenvalue weighted by molar-refractivity contribution is -0.117. The minimum atomic E-state index is -0.266. The SMILES string of the molecule is COc1ccc(C2=C(C(C)=O)Sc3nnc(C)n3N2C(C)=O)cc1OC. The predicted molar refractivity (Wildman–Crippen MR) is 96.7 cm³/mol. The van der Waals surface area contributed by atoms with E-state index < -0.39 is 0 Å². The van der Waals surface area contributed by atoms with E-state index in [2.05, 4.69) is 10.2 Å². The molecular weight excluding hydrogens is 356 g/mol. The number of aromatic nitrogens is 3. The number of rotatable bonds is 4. The van der Waals surface area contributed by atoms with Gasteiger partial charge in [-0.25, -0.2) is 9.69 Å². The fourth-order valence-corrected chi connectivity index (χ4v) is 3.75. The largest absolute Gasteiger partial charge is 0.493 e. The first-order valence-electron chi connectivity index (χ1n) is 7.77. The van der Waals surface area contributed by atoms with Crippen molar-refractivity contribution < 1.29 is 19.1 Å². The number of Topliss-reactive ketones (excluding diaryl/α,β-unsaturated/α-hetero) is 1. The summed E-state index contributed by atoms with van der Waals surface area (Å²) >= 11 is 1.19. The van der Waals surface area contributed by atoms with Crippen LogP contribution in [0.2, 0.25) is 0 Å². The third kappa shape index (κ3) is 2.84. The van der Waals surface area contributed by atoms with Crippen LogP contribution in [0.3, 0.4) is 0 Å². The first-order chi connectivity index (χ1) is 12.4. The zero-order valence-electron chi connectivity index (χ0n) is 15.1. The number of methoxy groups -OCH3 is 2. The average Bonchev–Trinajstić information content (AvgIpc) is 3.00. The van der Waals surface area contributed by atoms with Gasteiger partial charge in [-0.2, -0.15) is 0 Å². The van der Waals surface area contributed by atoms with Crippen molar-refractivity contribution in [2.24, 2.45) is 0 Å². The average molecular weight is 374 g/mol. The fraction of sp³-hybridized carbons (Fsp3) is 0.294. The van der Waals surface area contributed by atoms with Crippen molar-refractivity contribution in [1.82, 2.24) is 14.9 Å². The van der Waals surface area contributed by atoms with Crippen LogP contribution >= 0.6 is 11.8 Å². The Kier molecular flexibility index (Phi) is 4.73. The number of benzene rings is 1. The molecule has 3 rings (SSSR count). The van der Waals surface area contributed by atoms with E-state index in [1.165, 1.54) is 37.7 Å². The highest BCUT2D eigenvalue weighted by Gasteiger charge is 2.34. The summed E-state index contributed by atoms with van der Waals surface area (Å²) < 4.78 is 12.2. The van der Waals surface area contributed by atoms with Crippen LogP contribution in [0, 0.1) is 6.92 Å². The third-order valence-electron chi connectivity index (χ3n) is 3.86. The molecule has 136 valence electrons. The lowest BCUT2D eigenvalue weighted by Crippen LogP contribution is -2.41. The van der Waals surface area contributed by atoms with Crippen molar-refractivity contribution >= 4 is 29.1 Å². The summed E-state index contributed by atoms with van der Waals surface area (Å²) in [6.07, 6.45) is 0. The number of ether oxygens (including phenoxy) is 2. The smallest absolute Gasteiger partial charge is 0.243 e. The normalized spacial score (nSPS) is 13.5. The van der Waals surface area contributed by atoms with Gasteiger partial charge < -0.3 is 9.47 Å². The van der Waals surface area contributed by atoms with Crippen LogP contribution in [-0.4, -0.2) is 40.8 Å². The zero-order valence-corrected chi connectivity index (χ0v) is 15.9. The summed E-state index contributed by atoms with van der Waals surface area (Å²) in [5.74, 6) is 1.17. The Hall–Kier alpha value is -2.81. The van der Waals surface area contributed by atoms with Crippen LogP contribution in [0.5, 0.6) is 11.5 Å². The summed E-state index contributed by atoms with van der Waals surface area (Å²) in [5, 5.41) is 9.97. The molecule has 0 bridgehead atoms. The minimum Gasteiger partial charge on any atom is -0.493 e. The Morgan fingerprint density at radius 2 is 1.77 bits per heavy atom. The molecule has 1 aliphatic rings. The number of aryl methyl sites for hydroxylation is 1. The molecule has 2 aromatic rings. The lowest BCUT2D eigenvalue weighted by atomic mass is 10.1. The predicted octanol–water partition coefficient (Wildman–Crippen LogP) is 2.15.